The van der Waals surface area contributed by atoms with Gasteiger partial charge < -0.3 is 9.47 Å². The van der Waals surface area contributed by atoms with E-state index in [9.17, 15) is 4.79 Å². The Morgan fingerprint density at radius 1 is 1.00 bits per heavy atom. The lowest BCUT2D eigenvalue weighted by Crippen LogP contribution is -2.15. The molecule has 4 rings (SSSR count). The molecule has 4 aromatic rings. The van der Waals surface area contributed by atoms with Crippen LogP contribution in [0.15, 0.2) is 59.6 Å². The zero-order valence-corrected chi connectivity index (χ0v) is 21.2. The fourth-order valence-electron chi connectivity index (χ4n) is 3.76. The molecule has 0 unspecified atom stereocenters. The van der Waals surface area contributed by atoms with Gasteiger partial charge in [0.2, 0.25) is 0 Å². The van der Waals surface area contributed by atoms with Gasteiger partial charge in [-0.3, -0.25) is 4.79 Å². The van der Waals surface area contributed by atoms with Crippen molar-refractivity contribution in [1.82, 2.24) is 14.6 Å². The van der Waals surface area contributed by atoms with Gasteiger partial charge in [0.15, 0.2) is 22.9 Å². The Balaban J connectivity index is 1.73. The Hall–Kier alpha value is -3.32. The molecule has 0 N–H and O–H groups in total. The second-order valence-electron chi connectivity index (χ2n) is 9.07. The second kappa shape index (κ2) is 9.50. The molecule has 2 heterocycles. The third-order valence-corrected chi connectivity index (χ3v) is 6.61. The van der Waals surface area contributed by atoms with Gasteiger partial charge in [-0.25, -0.2) is 9.50 Å². The van der Waals surface area contributed by atoms with E-state index in [4.69, 9.17) is 19.6 Å². The van der Waals surface area contributed by atoms with E-state index >= 15 is 0 Å². The molecule has 0 aliphatic heterocycles. The molecule has 0 aliphatic rings. The number of hydrogen-bond donors (Lipinski definition) is 0. The lowest BCUT2D eigenvalue weighted by Gasteiger charge is -2.19. The largest absolute Gasteiger partial charge is 0.493 e. The van der Waals surface area contributed by atoms with Gasteiger partial charge in [0, 0.05) is 16.5 Å². The predicted octanol–water partition coefficient (Wildman–Crippen LogP) is 5.99. The van der Waals surface area contributed by atoms with Crippen LogP contribution in [-0.4, -0.2) is 40.4 Å². The maximum Gasteiger partial charge on any atom is 0.173 e. The third-order valence-electron chi connectivity index (χ3n) is 5.62. The quantitative estimate of drug-likeness (QED) is 0.186. The van der Waals surface area contributed by atoms with Crippen molar-refractivity contribution in [3.05, 3.63) is 71.5 Å². The van der Waals surface area contributed by atoms with Crippen LogP contribution >= 0.6 is 11.8 Å². The first-order chi connectivity index (χ1) is 16.2. The Kier molecular flexibility index (Phi) is 6.66. The van der Waals surface area contributed by atoms with Crippen molar-refractivity contribution < 1.29 is 14.3 Å². The Morgan fingerprint density at radius 3 is 2.35 bits per heavy atom. The normalized spacial score (nSPS) is 11.6. The molecular formula is C27H29N3O3S. The van der Waals surface area contributed by atoms with Crippen molar-refractivity contribution >= 4 is 23.2 Å². The molecule has 0 atom stereocenters. The Labute approximate surface area is 204 Å². The zero-order chi connectivity index (χ0) is 24.5. The second-order valence-corrected chi connectivity index (χ2v) is 10.1. The highest BCUT2D eigenvalue weighted by Gasteiger charge is 2.23. The average molecular weight is 476 g/mol. The number of methoxy groups -OCH3 is 2. The van der Waals surface area contributed by atoms with E-state index in [1.54, 1.807) is 32.4 Å². The number of aromatic nitrogens is 3. The van der Waals surface area contributed by atoms with Gasteiger partial charge in [-0.2, -0.15) is 5.10 Å². The number of benzene rings is 2. The van der Waals surface area contributed by atoms with Gasteiger partial charge in [0.25, 0.3) is 0 Å². The van der Waals surface area contributed by atoms with Crippen LogP contribution < -0.4 is 9.47 Å². The summed E-state index contributed by atoms with van der Waals surface area (Å²) in [4.78, 5) is 18.0. The summed E-state index contributed by atoms with van der Waals surface area (Å²) in [7, 11) is 3.14. The highest BCUT2D eigenvalue weighted by atomic mass is 32.2. The van der Waals surface area contributed by atoms with E-state index in [1.165, 1.54) is 11.8 Å². The van der Waals surface area contributed by atoms with E-state index in [-0.39, 0.29) is 17.0 Å². The van der Waals surface area contributed by atoms with E-state index in [1.807, 2.05) is 35.7 Å². The standard InChI is InChI=1S/C27H29N3O3S/c1-17-25(18-10-8-7-9-11-18)26-28-23(27(2,3)4)15-24(30(26)29-17)34-16-20(31)19-12-13-21(32-5)22(14-19)33-6/h7-15H,16H2,1-6H3. The third kappa shape index (κ3) is 4.66. The van der Waals surface area contributed by atoms with Crippen LogP contribution in [0, 0.1) is 6.92 Å². The van der Waals surface area contributed by atoms with Gasteiger partial charge in [-0.15, -0.1) is 0 Å². The lowest BCUT2D eigenvalue weighted by atomic mass is 9.92. The van der Waals surface area contributed by atoms with Crippen molar-refractivity contribution in [2.75, 3.05) is 20.0 Å². The van der Waals surface area contributed by atoms with Crippen LogP contribution in [-0.2, 0) is 5.41 Å². The summed E-state index contributed by atoms with van der Waals surface area (Å²) in [5.74, 6) is 1.39. The Bertz CT molecular complexity index is 1340. The summed E-state index contributed by atoms with van der Waals surface area (Å²) in [6.45, 7) is 8.42. The van der Waals surface area contributed by atoms with Crippen molar-refractivity contribution in [1.29, 1.82) is 0 Å². The van der Waals surface area contributed by atoms with Gasteiger partial charge in [-0.05, 0) is 36.8 Å². The lowest BCUT2D eigenvalue weighted by molar-refractivity contribution is 0.102. The molecular weight excluding hydrogens is 446 g/mol. The predicted molar refractivity (Wildman–Crippen MR) is 136 cm³/mol. The summed E-state index contributed by atoms with van der Waals surface area (Å²) in [5.41, 5.74) is 5.17. The number of nitrogens with zero attached hydrogens (tertiary/aromatic N) is 3. The molecule has 0 fully saturated rings. The van der Waals surface area contributed by atoms with E-state index in [0.29, 0.717) is 17.1 Å². The molecule has 0 saturated carbocycles. The van der Waals surface area contributed by atoms with Gasteiger partial charge in [-0.1, -0.05) is 62.9 Å². The van der Waals surface area contributed by atoms with Crippen LogP contribution in [0.4, 0.5) is 0 Å². The van der Waals surface area contributed by atoms with Crippen LogP contribution in [0.25, 0.3) is 16.8 Å². The highest BCUT2D eigenvalue weighted by Crippen LogP contribution is 2.34. The van der Waals surface area contributed by atoms with Crippen molar-refractivity contribution in [3.8, 4) is 22.6 Å². The molecule has 2 aromatic heterocycles. The molecule has 0 spiro atoms. The molecule has 2 aromatic carbocycles. The number of thioether (sulfide) groups is 1. The summed E-state index contributed by atoms with van der Waals surface area (Å²) in [5, 5.41) is 5.68. The minimum absolute atomic E-state index is 0.000356. The van der Waals surface area contributed by atoms with Crippen LogP contribution in [0.3, 0.4) is 0 Å². The smallest absolute Gasteiger partial charge is 0.173 e. The molecule has 0 bridgehead atoms. The van der Waals surface area contributed by atoms with Crippen LogP contribution in [0.2, 0.25) is 0 Å². The molecule has 0 radical (unpaired) electrons. The summed E-state index contributed by atoms with van der Waals surface area (Å²) in [6.07, 6.45) is 0. The maximum absolute atomic E-state index is 13.0. The first-order valence-corrected chi connectivity index (χ1v) is 12.1. The van der Waals surface area contributed by atoms with Crippen LogP contribution in [0.1, 0.15) is 42.5 Å². The fraction of sp³-hybridized carbons (Fsp3) is 0.296. The van der Waals surface area contributed by atoms with E-state index in [2.05, 4.69) is 32.9 Å². The maximum atomic E-state index is 13.0. The number of aryl methyl sites for hydroxylation is 1. The zero-order valence-electron chi connectivity index (χ0n) is 20.4. The number of Topliss-reactive ketones (excluding diaryl/α,β-unsaturated/α-hetero) is 1. The molecule has 34 heavy (non-hydrogen) atoms. The van der Waals surface area contributed by atoms with E-state index in [0.717, 1.165) is 33.2 Å². The summed E-state index contributed by atoms with van der Waals surface area (Å²) < 4.78 is 12.5. The minimum Gasteiger partial charge on any atom is -0.493 e. The molecule has 6 nitrogen and oxygen atoms in total. The van der Waals surface area contributed by atoms with Crippen molar-refractivity contribution in [3.63, 3.8) is 0 Å². The number of fused-ring (bicyclic) bond motifs is 1. The number of rotatable bonds is 7. The average Bonchev–Trinajstić information content (AvgIpc) is 3.17. The van der Waals surface area contributed by atoms with Gasteiger partial charge in [0.1, 0.15) is 5.03 Å². The van der Waals surface area contributed by atoms with E-state index < -0.39 is 0 Å². The number of carbonyl (C=O) groups excluding carboxylic acids is 1. The molecule has 7 heteroatoms. The summed E-state index contributed by atoms with van der Waals surface area (Å²) >= 11 is 1.46. The number of ether oxygens (including phenoxy) is 2. The first kappa shape index (κ1) is 23.8. The SMILES string of the molecule is COc1ccc(C(=O)CSc2cc(C(C)(C)C)nc3c(-c4ccccc4)c(C)nn23)cc1OC. The van der Waals surface area contributed by atoms with Gasteiger partial charge in [0.05, 0.1) is 31.4 Å². The van der Waals surface area contributed by atoms with Crippen molar-refractivity contribution in [2.45, 2.75) is 38.1 Å². The topological polar surface area (TPSA) is 65.7 Å². The monoisotopic (exact) mass is 475 g/mol. The Morgan fingerprint density at radius 2 is 1.71 bits per heavy atom. The fourth-order valence-corrected chi connectivity index (χ4v) is 4.65. The minimum atomic E-state index is -0.156. The van der Waals surface area contributed by atoms with Crippen molar-refractivity contribution in [2.24, 2.45) is 0 Å². The van der Waals surface area contributed by atoms with Gasteiger partial charge >= 0.3 is 0 Å². The summed E-state index contributed by atoms with van der Waals surface area (Å²) in [6, 6.07) is 17.5. The van der Waals surface area contributed by atoms with Crippen LogP contribution in [0.5, 0.6) is 11.5 Å². The molecule has 0 saturated heterocycles. The highest BCUT2D eigenvalue weighted by molar-refractivity contribution is 7.99. The molecule has 0 amide bonds. The number of carbonyl (C=O) groups is 1. The first-order valence-electron chi connectivity index (χ1n) is 11.1. The number of ketones is 1. The molecule has 0 aliphatic carbocycles. The number of hydrogen-bond acceptors (Lipinski definition) is 6. The molecule has 176 valence electrons.